The van der Waals surface area contributed by atoms with Gasteiger partial charge in [0, 0.05) is 16.8 Å². The van der Waals surface area contributed by atoms with Gasteiger partial charge in [0.2, 0.25) is 0 Å². The van der Waals surface area contributed by atoms with Gasteiger partial charge in [-0.25, -0.2) is 0 Å². The van der Waals surface area contributed by atoms with Gasteiger partial charge < -0.3 is 4.74 Å². The first-order valence-electron chi connectivity index (χ1n) is 8.86. The normalized spacial score (nSPS) is 24.0. The average Bonchev–Trinajstić information content (AvgIpc) is 3.12. The topological polar surface area (TPSA) is 29.5 Å². The lowest BCUT2D eigenvalue weighted by atomic mass is 9.73. The van der Waals surface area contributed by atoms with Crippen molar-refractivity contribution in [1.29, 1.82) is 0 Å². The number of hydrogen-bond donors (Lipinski definition) is 0. The van der Waals surface area contributed by atoms with E-state index in [4.69, 9.17) is 16.3 Å². The van der Waals surface area contributed by atoms with Gasteiger partial charge in [0.25, 0.3) is 0 Å². The molecular formula is C19H26ClNO2S. The van der Waals surface area contributed by atoms with E-state index in [1.807, 2.05) is 43.0 Å². The second kappa shape index (κ2) is 8.11. The number of esters is 1. The van der Waals surface area contributed by atoms with Crippen molar-refractivity contribution in [3.8, 4) is 0 Å². The van der Waals surface area contributed by atoms with Gasteiger partial charge in [-0.05, 0) is 69.1 Å². The Morgan fingerprint density at radius 3 is 2.62 bits per heavy atom. The summed E-state index contributed by atoms with van der Waals surface area (Å²) in [5, 5.41) is 0.734. The van der Waals surface area contributed by atoms with Gasteiger partial charge in [-0.2, -0.15) is 11.8 Å². The SMILES string of the molecule is CCOC(=O)C1(Cc2ccc(Cl)cc2)CCN(C2CCSC2)CC1. The Morgan fingerprint density at radius 2 is 2.04 bits per heavy atom. The van der Waals surface area contributed by atoms with Crippen LogP contribution < -0.4 is 0 Å². The van der Waals surface area contributed by atoms with Crippen LogP contribution in [-0.4, -0.2) is 48.1 Å². The van der Waals surface area contributed by atoms with E-state index in [0.29, 0.717) is 12.6 Å². The Bertz CT molecular complexity index is 549. The summed E-state index contributed by atoms with van der Waals surface area (Å²) in [6.45, 7) is 4.33. The third-order valence-corrected chi connectivity index (χ3v) is 6.74. The predicted molar refractivity (Wildman–Crippen MR) is 101 cm³/mol. The van der Waals surface area contributed by atoms with Crippen LogP contribution in [0.25, 0.3) is 0 Å². The van der Waals surface area contributed by atoms with E-state index in [9.17, 15) is 4.79 Å². The second-order valence-corrected chi connectivity index (χ2v) is 8.44. The Balaban J connectivity index is 1.72. The molecule has 24 heavy (non-hydrogen) atoms. The molecule has 2 heterocycles. The summed E-state index contributed by atoms with van der Waals surface area (Å²) in [4.78, 5) is 15.3. The lowest BCUT2D eigenvalue weighted by Crippen LogP contribution is -2.49. The van der Waals surface area contributed by atoms with Crippen LogP contribution in [0.1, 0.15) is 31.7 Å². The summed E-state index contributed by atoms with van der Waals surface area (Å²) in [7, 11) is 0. The first kappa shape index (κ1) is 18.1. The molecule has 1 atom stereocenters. The van der Waals surface area contributed by atoms with Crippen LogP contribution in [0.15, 0.2) is 24.3 Å². The summed E-state index contributed by atoms with van der Waals surface area (Å²) >= 11 is 8.04. The number of likely N-dealkylation sites (tertiary alicyclic amines) is 1. The minimum absolute atomic E-state index is 0.0274. The molecule has 1 unspecified atom stereocenters. The minimum Gasteiger partial charge on any atom is -0.466 e. The number of carbonyl (C=O) groups excluding carboxylic acids is 1. The van der Waals surface area contributed by atoms with Crippen molar-refractivity contribution in [1.82, 2.24) is 4.90 Å². The molecule has 0 N–H and O–H groups in total. The maximum Gasteiger partial charge on any atom is 0.312 e. The molecule has 0 aliphatic carbocycles. The summed E-state index contributed by atoms with van der Waals surface area (Å²) in [6, 6.07) is 8.57. The first-order valence-corrected chi connectivity index (χ1v) is 10.4. The Hall–Kier alpha value is -0.710. The van der Waals surface area contributed by atoms with Gasteiger partial charge >= 0.3 is 5.97 Å². The molecule has 0 amide bonds. The van der Waals surface area contributed by atoms with Crippen LogP contribution in [0.4, 0.5) is 0 Å². The highest BCUT2D eigenvalue weighted by Gasteiger charge is 2.44. The molecule has 5 heteroatoms. The number of nitrogens with zero attached hydrogens (tertiary/aromatic N) is 1. The smallest absolute Gasteiger partial charge is 0.312 e. The van der Waals surface area contributed by atoms with E-state index < -0.39 is 0 Å². The van der Waals surface area contributed by atoms with Crippen molar-refractivity contribution in [2.24, 2.45) is 5.41 Å². The molecule has 2 aliphatic heterocycles. The summed E-state index contributed by atoms with van der Waals surface area (Å²) in [6.07, 6.45) is 3.80. The molecule has 1 aromatic rings. The van der Waals surface area contributed by atoms with E-state index in [1.165, 1.54) is 17.9 Å². The van der Waals surface area contributed by atoms with Crippen molar-refractivity contribution in [2.75, 3.05) is 31.2 Å². The van der Waals surface area contributed by atoms with E-state index in [1.54, 1.807) is 0 Å². The zero-order valence-corrected chi connectivity index (χ0v) is 15.9. The molecular weight excluding hydrogens is 342 g/mol. The third kappa shape index (κ3) is 4.09. The van der Waals surface area contributed by atoms with Gasteiger partial charge in [-0.3, -0.25) is 9.69 Å². The van der Waals surface area contributed by atoms with Crippen LogP contribution in [0.3, 0.4) is 0 Å². The van der Waals surface area contributed by atoms with Crippen molar-refractivity contribution in [3.63, 3.8) is 0 Å². The maximum atomic E-state index is 12.7. The quantitative estimate of drug-likeness (QED) is 0.735. The van der Waals surface area contributed by atoms with Crippen molar-refractivity contribution < 1.29 is 9.53 Å². The van der Waals surface area contributed by atoms with Crippen molar-refractivity contribution in [3.05, 3.63) is 34.9 Å². The fraction of sp³-hybridized carbons (Fsp3) is 0.632. The molecule has 0 saturated carbocycles. The maximum absolute atomic E-state index is 12.7. The molecule has 0 aromatic heterocycles. The fourth-order valence-corrected chi connectivity index (χ4v) is 5.24. The fourth-order valence-electron chi connectivity index (χ4n) is 3.86. The van der Waals surface area contributed by atoms with Gasteiger partial charge in [0.05, 0.1) is 12.0 Å². The molecule has 0 radical (unpaired) electrons. The van der Waals surface area contributed by atoms with Crippen molar-refractivity contribution >= 4 is 29.3 Å². The Morgan fingerprint density at radius 1 is 1.33 bits per heavy atom. The molecule has 1 aromatic carbocycles. The van der Waals surface area contributed by atoms with E-state index >= 15 is 0 Å². The molecule has 0 bridgehead atoms. The van der Waals surface area contributed by atoms with E-state index in [0.717, 1.165) is 42.9 Å². The molecule has 3 rings (SSSR count). The number of thioether (sulfide) groups is 1. The average molecular weight is 368 g/mol. The molecule has 2 aliphatic rings. The van der Waals surface area contributed by atoms with Gasteiger partial charge in [-0.15, -0.1) is 0 Å². The number of hydrogen-bond acceptors (Lipinski definition) is 4. The Kier molecular flexibility index (Phi) is 6.12. The number of carbonyl (C=O) groups is 1. The lowest BCUT2D eigenvalue weighted by molar-refractivity contribution is -0.159. The number of piperidine rings is 1. The van der Waals surface area contributed by atoms with Crippen LogP contribution in [0.5, 0.6) is 0 Å². The molecule has 2 saturated heterocycles. The first-order chi connectivity index (χ1) is 11.6. The number of ether oxygens (including phenoxy) is 1. The molecule has 2 fully saturated rings. The Labute approximate surface area is 154 Å². The van der Waals surface area contributed by atoms with Gasteiger partial charge in [0.1, 0.15) is 0 Å². The van der Waals surface area contributed by atoms with E-state index in [2.05, 4.69) is 4.90 Å². The van der Waals surface area contributed by atoms with Crippen molar-refractivity contribution in [2.45, 2.75) is 38.6 Å². The van der Waals surface area contributed by atoms with Gasteiger partial charge in [-0.1, -0.05) is 23.7 Å². The zero-order valence-electron chi connectivity index (χ0n) is 14.3. The second-order valence-electron chi connectivity index (χ2n) is 6.86. The highest BCUT2D eigenvalue weighted by molar-refractivity contribution is 7.99. The predicted octanol–water partition coefficient (Wildman–Crippen LogP) is 4.03. The highest BCUT2D eigenvalue weighted by atomic mass is 35.5. The summed E-state index contributed by atoms with van der Waals surface area (Å²) in [5.41, 5.74) is 0.781. The van der Waals surface area contributed by atoms with Crippen LogP contribution in [0.2, 0.25) is 5.02 Å². The number of rotatable bonds is 5. The van der Waals surface area contributed by atoms with E-state index in [-0.39, 0.29) is 11.4 Å². The number of benzene rings is 1. The lowest BCUT2D eigenvalue weighted by Gasteiger charge is -2.42. The van der Waals surface area contributed by atoms with Crippen LogP contribution in [-0.2, 0) is 16.0 Å². The highest BCUT2D eigenvalue weighted by Crippen LogP contribution is 2.38. The zero-order chi connectivity index (χ0) is 17.0. The monoisotopic (exact) mass is 367 g/mol. The third-order valence-electron chi connectivity index (χ3n) is 5.34. The molecule has 0 spiro atoms. The molecule has 3 nitrogen and oxygen atoms in total. The van der Waals surface area contributed by atoms with Crippen LogP contribution >= 0.6 is 23.4 Å². The molecule has 132 valence electrons. The largest absolute Gasteiger partial charge is 0.466 e. The standard InChI is InChI=1S/C19H26ClNO2S/c1-2-23-18(22)19(13-15-3-5-16(20)6-4-15)8-10-21(11-9-19)17-7-12-24-14-17/h3-6,17H,2,7-14H2,1H3. The minimum atomic E-state index is -0.383. The van der Waals surface area contributed by atoms with Gasteiger partial charge in [0.15, 0.2) is 0 Å². The summed E-state index contributed by atoms with van der Waals surface area (Å²) < 4.78 is 5.45. The summed E-state index contributed by atoms with van der Waals surface area (Å²) in [5.74, 6) is 2.49. The number of halogens is 1. The van der Waals surface area contributed by atoms with Crippen LogP contribution in [0, 0.1) is 5.41 Å².